The Hall–Kier alpha value is -3.06. The molecular formula is C18H14N4O2S. The van der Waals surface area contributed by atoms with Crippen molar-refractivity contribution in [3.8, 4) is 17.0 Å². The van der Waals surface area contributed by atoms with Crippen LogP contribution in [0, 0.1) is 6.92 Å². The molecule has 0 unspecified atom stereocenters. The molecule has 2 aromatic heterocycles. The first-order valence-electron chi connectivity index (χ1n) is 7.71. The van der Waals surface area contributed by atoms with Crippen molar-refractivity contribution >= 4 is 16.3 Å². The van der Waals surface area contributed by atoms with E-state index in [1.54, 1.807) is 0 Å². The van der Waals surface area contributed by atoms with E-state index in [0.29, 0.717) is 9.97 Å². The van der Waals surface area contributed by atoms with Crippen LogP contribution in [-0.2, 0) is 6.61 Å². The summed E-state index contributed by atoms with van der Waals surface area (Å²) in [4.78, 5) is 13.1. The first-order chi connectivity index (χ1) is 12.2. The Labute approximate surface area is 147 Å². The number of aryl methyl sites for hydroxylation is 1. The molecule has 0 aliphatic heterocycles. The Kier molecular flexibility index (Phi) is 3.99. The van der Waals surface area contributed by atoms with Crippen LogP contribution in [0.2, 0.25) is 0 Å². The summed E-state index contributed by atoms with van der Waals surface area (Å²) in [6.07, 6.45) is 0. The number of benzene rings is 2. The van der Waals surface area contributed by atoms with Gasteiger partial charge in [-0.2, -0.15) is 9.61 Å². The predicted octanol–water partition coefficient (Wildman–Crippen LogP) is 3.10. The number of nitrogens with zero attached hydrogens (tertiary/aromatic N) is 4. The van der Waals surface area contributed by atoms with Crippen molar-refractivity contribution < 1.29 is 4.74 Å². The van der Waals surface area contributed by atoms with Crippen LogP contribution >= 0.6 is 11.3 Å². The van der Waals surface area contributed by atoms with Gasteiger partial charge in [0.05, 0.1) is 0 Å². The zero-order chi connectivity index (χ0) is 17.2. The minimum absolute atomic E-state index is 0.275. The summed E-state index contributed by atoms with van der Waals surface area (Å²) in [5.41, 5.74) is 1.89. The van der Waals surface area contributed by atoms with E-state index in [4.69, 9.17) is 4.74 Å². The van der Waals surface area contributed by atoms with Crippen LogP contribution < -0.4 is 10.3 Å². The normalized spacial score (nSPS) is 10.9. The topological polar surface area (TPSA) is 69.4 Å². The SMILES string of the molecule is Cc1ccc(OCc2nn3c(=O)c(-c4ccccc4)nnc3s2)cc1. The van der Waals surface area contributed by atoms with E-state index in [0.717, 1.165) is 11.3 Å². The van der Waals surface area contributed by atoms with Crippen molar-refractivity contribution in [3.63, 3.8) is 0 Å². The molecule has 6 nitrogen and oxygen atoms in total. The summed E-state index contributed by atoms with van der Waals surface area (Å²) in [5, 5.41) is 13.2. The summed E-state index contributed by atoms with van der Waals surface area (Å²) in [7, 11) is 0. The van der Waals surface area contributed by atoms with Gasteiger partial charge in [0.15, 0.2) is 10.7 Å². The molecule has 7 heteroatoms. The van der Waals surface area contributed by atoms with Gasteiger partial charge in [0.1, 0.15) is 12.4 Å². The number of hydrogen-bond donors (Lipinski definition) is 0. The lowest BCUT2D eigenvalue weighted by atomic mass is 10.2. The summed E-state index contributed by atoms with van der Waals surface area (Å²) in [6.45, 7) is 2.30. The van der Waals surface area contributed by atoms with Crippen molar-refractivity contribution in [2.45, 2.75) is 13.5 Å². The molecular weight excluding hydrogens is 336 g/mol. The van der Waals surface area contributed by atoms with Crippen LogP contribution in [0.25, 0.3) is 16.2 Å². The maximum Gasteiger partial charge on any atom is 0.302 e. The minimum Gasteiger partial charge on any atom is -0.486 e. The fourth-order valence-corrected chi connectivity index (χ4v) is 3.11. The standard InChI is InChI=1S/C18H14N4O2S/c1-12-7-9-14(10-8-12)24-11-15-21-22-17(23)16(19-20-18(22)25-15)13-5-3-2-4-6-13/h2-10H,11H2,1H3. The van der Waals surface area contributed by atoms with E-state index in [-0.39, 0.29) is 17.9 Å². The number of aromatic nitrogens is 4. The van der Waals surface area contributed by atoms with Crippen LogP contribution in [0.1, 0.15) is 10.6 Å². The molecule has 4 aromatic rings. The molecule has 2 heterocycles. The second kappa shape index (κ2) is 6.45. The van der Waals surface area contributed by atoms with Gasteiger partial charge in [-0.3, -0.25) is 4.79 Å². The van der Waals surface area contributed by atoms with Crippen molar-refractivity contribution in [1.82, 2.24) is 19.8 Å². The third kappa shape index (κ3) is 3.14. The highest BCUT2D eigenvalue weighted by Crippen LogP contribution is 2.17. The zero-order valence-corrected chi connectivity index (χ0v) is 14.2. The molecule has 0 fully saturated rings. The molecule has 0 amide bonds. The lowest BCUT2D eigenvalue weighted by Crippen LogP contribution is -2.19. The summed E-state index contributed by atoms with van der Waals surface area (Å²) in [5.74, 6) is 0.758. The Morgan fingerprint density at radius 1 is 1.04 bits per heavy atom. The first kappa shape index (κ1) is 15.5. The Balaban J connectivity index is 1.63. The molecule has 0 atom stereocenters. The molecule has 124 valence electrons. The quantitative estimate of drug-likeness (QED) is 0.566. The van der Waals surface area contributed by atoms with Gasteiger partial charge in [0, 0.05) is 5.56 Å². The van der Waals surface area contributed by atoms with Gasteiger partial charge in [-0.25, -0.2) is 0 Å². The van der Waals surface area contributed by atoms with E-state index < -0.39 is 0 Å². The van der Waals surface area contributed by atoms with Gasteiger partial charge in [-0.1, -0.05) is 59.4 Å². The van der Waals surface area contributed by atoms with E-state index >= 15 is 0 Å². The van der Waals surface area contributed by atoms with Gasteiger partial charge < -0.3 is 4.74 Å². The monoisotopic (exact) mass is 350 g/mol. The van der Waals surface area contributed by atoms with E-state index in [1.165, 1.54) is 21.4 Å². The van der Waals surface area contributed by atoms with Crippen molar-refractivity contribution in [1.29, 1.82) is 0 Å². The second-order valence-corrected chi connectivity index (χ2v) is 6.55. The fraction of sp³-hybridized carbons (Fsp3) is 0.111. The third-order valence-corrected chi connectivity index (χ3v) is 4.54. The Bertz CT molecular complexity index is 1070. The maximum atomic E-state index is 12.6. The Morgan fingerprint density at radius 3 is 2.56 bits per heavy atom. The molecule has 0 spiro atoms. The molecule has 25 heavy (non-hydrogen) atoms. The lowest BCUT2D eigenvalue weighted by Gasteiger charge is -2.03. The van der Waals surface area contributed by atoms with Gasteiger partial charge in [0.25, 0.3) is 0 Å². The van der Waals surface area contributed by atoms with Crippen LogP contribution in [0.3, 0.4) is 0 Å². The molecule has 0 saturated heterocycles. The first-order valence-corrected chi connectivity index (χ1v) is 8.53. The van der Waals surface area contributed by atoms with Crippen LogP contribution in [0.5, 0.6) is 5.75 Å². The van der Waals surface area contributed by atoms with Crippen molar-refractivity contribution in [2.75, 3.05) is 0 Å². The summed E-state index contributed by atoms with van der Waals surface area (Å²) < 4.78 is 7.00. The summed E-state index contributed by atoms with van der Waals surface area (Å²) in [6, 6.07) is 17.0. The smallest absolute Gasteiger partial charge is 0.302 e. The number of rotatable bonds is 4. The van der Waals surface area contributed by atoms with E-state index in [9.17, 15) is 4.79 Å². The Morgan fingerprint density at radius 2 is 1.80 bits per heavy atom. The molecule has 2 aromatic carbocycles. The van der Waals surface area contributed by atoms with Gasteiger partial charge >= 0.3 is 5.56 Å². The van der Waals surface area contributed by atoms with Gasteiger partial charge in [-0.15, -0.1) is 10.2 Å². The highest BCUT2D eigenvalue weighted by atomic mass is 32.1. The fourth-order valence-electron chi connectivity index (χ4n) is 2.37. The van der Waals surface area contributed by atoms with Crippen LogP contribution in [0.4, 0.5) is 0 Å². The average Bonchev–Trinajstić information content (AvgIpc) is 3.06. The average molecular weight is 350 g/mol. The zero-order valence-electron chi connectivity index (χ0n) is 13.4. The molecule has 0 aliphatic carbocycles. The highest BCUT2D eigenvalue weighted by molar-refractivity contribution is 7.16. The second-order valence-electron chi connectivity index (χ2n) is 5.51. The van der Waals surface area contributed by atoms with Crippen LogP contribution in [-0.4, -0.2) is 19.8 Å². The van der Waals surface area contributed by atoms with E-state index in [1.807, 2.05) is 61.5 Å². The number of ether oxygens (including phenoxy) is 1. The van der Waals surface area contributed by atoms with Gasteiger partial charge in [-0.05, 0) is 19.1 Å². The summed E-state index contributed by atoms with van der Waals surface area (Å²) >= 11 is 1.29. The van der Waals surface area contributed by atoms with Crippen molar-refractivity contribution in [3.05, 3.63) is 75.5 Å². The molecule has 0 bridgehead atoms. The predicted molar refractivity (Wildman–Crippen MR) is 95.9 cm³/mol. The third-order valence-electron chi connectivity index (χ3n) is 3.66. The highest BCUT2D eigenvalue weighted by Gasteiger charge is 2.13. The minimum atomic E-state index is -0.283. The molecule has 4 rings (SSSR count). The lowest BCUT2D eigenvalue weighted by molar-refractivity contribution is 0.304. The van der Waals surface area contributed by atoms with E-state index in [2.05, 4.69) is 15.3 Å². The molecule has 0 N–H and O–H groups in total. The number of fused-ring (bicyclic) bond motifs is 1. The molecule has 0 radical (unpaired) electrons. The molecule has 0 saturated carbocycles. The van der Waals surface area contributed by atoms with Gasteiger partial charge in [0.2, 0.25) is 4.96 Å². The maximum absolute atomic E-state index is 12.6. The molecule has 0 aliphatic rings. The van der Waals surface area contributed by atoms with Crippen molar-refractivity contribution in [2.24, 2.45) is 0 Å². The largest absolute Gasteiger partial charge is 0.486 e. The number of hydrogen-bond acceptors (Lipinski definition) is 6. The van der Waals surface area contributed by atoms with Crippen LogP contribution in [0.15, 0.2) is 59.4 Å².